The molecule has 0 aliphatic carbocycles. The van der Waals surface area contributed by atoms with Crippen LogP contribution in [0.1, 0.15) is 0 Å². The number of para-hydroxylation sites is 3. The van der Waals surface area contributed by atoms with Gasteiger partial charge in [0.25, 0.3) is 0 Å². The van der Waals surface area contributed by atoms with E-state index in [1.165, 1.54) is 27.8 Å². The van der Waals surface area contributed by atoms with Crippen molar-refractivity contribution in [3.63, 3.8) is 0 Å². The van der Waals surface area contributed by atoms with Gasteiger partial charge in [-0.1, -0.05) is 121 Å². The molecule has 8 aromatic rings. The van der Waals surface area contributed by atoms with Gasteiger partial charge in [-0.05, 0) is 100 Å². The van der Waals surface area contributed by atoms with Crippen molar-refractivity contribution in [1.29, 1.82) is 0 Å². The Hall–Kier alpha value is -6.12. The number of fused-ring (bicyclic) bond motifs is 1. The van der Waals surface area contributed by atoms with Gasteiger partial charge in [-0.25, -0.2) is 0 Å². The number of anilines is 3. The molecule has 2 nitrogen and oxygen atoms in total. The van der Waals surface area contributed by atoms with E-state index in [2.05, 4.69) is 175 Å². The third-order valence-corrected chi connectivity index (χ3v) is 8.46. The van der Waals surface area contributed by atoms with E-state index in [1.807, 2.05) is 18.2 Å². The molecular weight excluding hydrogens is 558 g/mol. The van der Waals surface area contributed by atoms with Crippen molar-refractivity contribution in [2.24, 2.45) is 0 Å². The normalized spacial score (nSPS) is 11.0. The molecular formula is C44H31NO. The average Bonchev–Trinajstić information content (AvgIpc) is 3.58. The van der Waals surface area contributed by atoms with Gasteiger partial charge in [0, 0.05) is 22.3 Å². The monoisotopic (exact) mass is 589 g/mol. The largest absolute Gasteiger partial charge is 0.456 e. The zero-order valence-corrected chi connectivity index (χ0v) is 25.3. The zero-order valence-electron chi connectivity index (χ0n) is 25.3. The van der Waals surface area contributed by atoms with Gasteiger partial charge in [0.2, 0.25) is 0 Å². The van der Waals surface area contributed by atoms with Gasteiger partial charge < -0.3 is 9.32 Å². The van der Waals surface area contributed by atoms with E-state index in [9.17, 15) is 0 Å². The van der Waals surface area contributed by atoms with Crippen molar-refractivity contribution in [2.45, 2.75) is 0 Å². The van der Waals surface area contributed by atoms with Crippen LogP contribution in [0.15, 0.2) is 192 Å². The van der Waals surface area contributed by atoms with Gasteiger partial charge in [-0.3, -0.25) is 0 Å². The SMILES string of the molecule is c1ccc(-c2cc(-c3ccccc3)cc(-c3ccc(N(c4ccccc4)c4ccccc4-c4cc5ccccc5o4)cc3)c2)cc1. The Morgan fingerprint density at radius 3 is 1.43 bits per heavy atom. The quantitative estimate of drug-likeness (QED) is 0.184. The first kappa shape index (κ1) is 27.4. The lowest BCUT2D eigenvalue weighted by Crippen LogP contribution is -2.10. The number of rotatable bonds is 7. The molecule has 0 amide bonds. The minimum Gasteiger partial charge on any atom is -0.456 e. The van der Waals surface area contributed by atoms with Gasteiger partial charge in [0.05, 0.1) is 5.69 Å². The fourth-order valence-electron chi connectivity index (χ4n) is 6.19. The number of hydrogen-bond donors (Lipinski definition) is 0. The Morgan fingerprint density at radius 1 is 0.348 bits per heavy atom. The molecule has 8 rings (SSSR count). The first-order valence-corrected chi connectivity index (χ1v) is 15.6. The fourth-order valence-corrected chi connectivity index (χ4v) is 6.19. The van der Waals surface area contributed by atoms with Gasteiger partial charge in [0.1, 0.15) is 11.3 Å². The molecule has 1 heterocycles. The molecule has 0 atom stereocenters. The van der Waals surface area contributed by atoms with Crippen LogP contribution in [0.25, 0.3) is 55.7 Å². The second kappa shape index (κ2) is 12.1. The van der Waals surface area contributed by atoms with E-state index in [0.717, 1.165) is 44.9 Å². The molecule has 0 N–H and O–H groups in total. The van der Waals surface area contributed by atoms with Gasteiger partial charge >= 0.3 is 0 Å². The lowest BCUT2D eigenvalue weighted by molar-refractivity contribution is 0.631. The Labute approximate surface area is 269 Å². The van der Waals surface area contributed by atoms with Gasteiger partial charge in [0.15, 0.2) is 0 Å². The number of furan rings is 1. The summed E-state index contributed by atoms with van der Waals surface area (Å²) in [5.41, 5.74) is 12.3. The molecule has 0 spiro atoms. The maximum atomic E-state index is 6.36. The van der Waals surface area contributed by atoms with Crippen LogP contribution in [-0.4, -0.2) is 0 Å². The first-order chi connectivity index (χ1) is 22.8. The Morgan fingerprint density at radius 2 is 0.826 bits per heavy atom. The highest BCUT2D eigenvalue weighted by Gasteiger charge is 2.19. The average molecular weight is 590 g/mol. The van der Waals surface area contributed by atoms with Crippen LogP contribution >= 0.6 is 0 Å². The van der Waals surface area contributed by atoms with Crippen LogP contribution in [0.4, 0.5) is 17.1 Å². The molecule has 46 heavy (non-hydrogen) atoms. The second-order valence-corrected chi connectivity index (χ2v) is 11.4. The molecule has 0 aliphatic heterocycles. The van der Waals surface area contributed by atoms with E-state index >= 15 is 0 Å². The Balaban J connectivity index is 1.23. The zero-order chi connectivity index (χ0) is 30.7. The lowest BCUT2D eigenvalue weighted by atomic mass is 9.93. The number of hydrogen-bond acceptors (Lipinski definition) is 2. The van der Waals surface area contributed by atoms with Crippen molar-refractivity contribution in [1.82, 2.24) is 0 Å². The van der Waals surface area contributed by atoms with Crippen LogP contribution in [-0.2, 0) is 0 Å². The standard InChI is InChI=1S/C44H31NO/c1-4-14-32(15-5-1)36-28-37(33-16-6-2-7-17-33)30-38(29-36)34-24-26-40(27-25-34)45(39-19-8-3-9-20-39)42-22-12-11-21-41(42)44-31-35-18-10-13-23-43(35)46-44/h1-31H. The van der Waals surface area contributed by atoms with Crippen LogP contribution in [0.5, 0.6) is 0 Å². The number of benzene rings is 7. The first-order valence-electron chi connectivity index (χ1n) is 15.6. The summed E-state index contributed by atoms with van der Waals surface area (Å²) < 4.78 is 6.36. The second-order valence-electron chi connectivity index (χ2n) is 11.4. The Bertz CT molecular complexity index is 2140. The molecule has 0 bridgehead atoms. The van der Waals surface area contributed by atoms with Crippen molar-refractivity contribution >= 4 is 28.0 Å². The molecule has 0 aliphatic rings. The third-order valence-electron chi connectivity index (χ3n) is 8.46. The van der Waals surface area contributed by atoms with Crippen molar-refractivity contribution in [2.75, 3.05) is 4.90 Å². The third kappa shape index (κ3) is 5.38. The predicted molar refractivity (Wildman–Crippen MR) is 193 cm³/mol. The fraction of sp³-hybridized carbons (Fsp3) is 0. The summed E-state index contributed by atoms with van der Waals surface area (Å²) in [5.74, 6) is 0.848. The molecule has 0 radical (unpaired) electrons. The highest BCUT2D eigenvalue weighted by Crippen LogP contribution is 2.42. The summed E-state index contributed by atoms with van der Waals surface area (Å²) in [5, 5.41) is 1.09. The molecule has 0 saturated carbocycles. The molecule has 1 aromatic heterocycles. The molecule has 218 valence electrons. The summed E-state index contributed by atoms with van der Waals surface area (Å²) >= 11 is 0. The summed E-state index contributed by atoms with van der Waals surface area (Å²) in [6, 6.07) is 66.3. The summed E-state index contributed by atoms with van der Waals surface area (Å²) in [6.07, 6.45) is 0. The van der Waals surface area contributed by atoms with Gasteiger partial charge in [-0.15, -0.1) is 0 Å². The van der Waals surface area contributed by atoms with Crippen molar-refractivity contribution in [3.05, 3.63) is 188 Å². The van der Waals surface area contributed by atoms with Crippen LogP contribution in [0.3, 0.4) is 0 Å². The van der Waals surface area contributed by atoms with E-state index in [4.69, 9.17) is 4.42 Å². The van der Waals surface area contributed by atoms with E-state index in [0.29, 0.717) is 0 Å². The predicted octanol–water partition coefficient (Wildman–Crippen LogP) is 12.6. The van der Waals surface area contributed by atoms with Crippen LogP contribution < -0.4 is 4.90 Å². The van der Waals surface area contributed by atoms with Crippen LogP contribution in [0, 0.1) is 0 Å². The highest BCUT2D eigenvalue weighted by atomic mass is 16.3. The molecule has 2 heteroatoms. The van der Waals surface area contributed by atoms with Crippen molar-refractivity contribution < 1.29 is 4.42 Å². The minimum absolute atomic E-state index is 0.848. The topological polar surface area (TPSA) is 16.4 Å². The van der Waals surface area contributed by atoms with Crippen LogP contribution in [0.2, 0.25) is 0 Å². The summed E-state index contributed by atoms with van der Waals surface area (Å²) in [4.78, 5) is 2.31. The minimum atomic E-state index is 0.848. The van der Waals surface area contributed by atoms with E-state index in [-0.39, 0.29) is 0 Å². The molecule has 0 unspecified atom stereocenters. The molecule has 0 saturated heterocycles. The highest BCUT2D eigenvalue weighted by molar-refractivity contribution is 5.91. The lowest BCUT2D eigenvalue weighted by Gasteiger charge is -2.27. The summed E-state index contributed by atoms with van der Waals surface area (Å²) in [6.45, 7) is 0. The molecule has 0 fully saturated rings. The molecule has 7 aromatic carbocycles. The number of nitrogens with zero attached hydrogens (tertiary/aromatic N) is 1. The maximum Gasteiger partial charge on any atom is 0.137 e. The van der Waals surface area contributed by atoms with E-state index < -0.39 is 0 Å². The Kier molecular flexibility index (Phi) is 7.22. The van der Waals surface area contributed by atoms with Crippen molar-refractivity contribution in [3.8, 4) is 44.7 Å². The smallest absolute Gasteiger partial charge is 0.137 e. The van der Waals surface area contributed by atoms with E-state index in [1.54, 1.807) is 0 Å². The van der Waals surface area contributed by atoms with Gasteiger partial charge in [-0.2, -0.15) is 0 Å². The maximum absolute atomic E-state index is 6.36. The summed E-state index contributed by atoms with van der Waals surface area (Å²) in [7, 11) is 0.